The van der Waals surface area contributed by atoms with E-state index in [-0.39, 0.29) is 24.7 Å². The Morgan fingerprint density at radius 3 is 2.32 bits per heavy atom. The van der Waals surface area contributed by atoms with Gasteiger partial charge in [0.05, 0.1) is 18.6 Å². The van der Waals surface area contributed by atoms with Gasteiger partial charge in [-0.25, -0.2) is 0 Å². The van der Waals surface area contributed by atoms with Gasteiger partial charge in [-0.3, -0.25) is 14.4 Å². The summed E-state index contributed by atoms with van der Waals surface area (Å²) in [6, 6.07) is 7.35. The van der Waals surface area contributed by atoms with E-state index in [4.69, 9.17) is 9.47 Å². The molecule has 1 amide bonds. The fraction of sp³-hybridized carbons (Fsp3) is 0.591. The van der Waals surface area contributed by atoms with Crippen LogP contribution in [-0.2, 0) is 25.5 Å². The molecule has 0 bridgehead atoms. The number of carbonyl (C=O) groups excluding carboxylic acids is 3. The Hall–Kier alpha value is -2.21. The Morgan fingerprint density at radius 2 is 1.71 bits per heavy atom. The molecule has 1 aliphatic carbocycles. The monoisotopic (exact) mass is 387 g/mol. The van der Waals surface area contributed by atoms with Gasteiger partial charge in [0, 0.05) is 25.1 Å². The van der Waals surface area contributed by atoms with E-state index < -0.39 is 11.4 Å². The first kappa shape index (κ1) is 20.5. The van der Waals surface area contributed by atoms with Gasteiger partial charge in [0.25, 0.3) is 0 Å². The van der Waals surface area contributed by atoms with Crippen molar-refractivity contribution >= 4 is 17.7 Å². The van der Waals surface area contributed by atoms with E-state index in [1.54, 1.807) is 17.0 Å². The van der Waals surface area contributed by atoms with Gasteiger partial charge in [0.2, 0.25) is 5.91 Å². The van der Waals surface area contributed by atoms with Crippen LogP contribution in [0.5, 0.6) is 0 Å². The number of ketones is 1. The minimum Gasteiger partial charge on any atom is -0.457 e. The summed E-state index contributed by atoms with van der Waals surface area (Å²) in [6.07, 6.45) is 4.15. The molecule has 1 heterocycles. The van der Waals surface area contributed by atoms with Crippen molar-refractivity contribution in [2.45, 2.75) is 45.4 Å². The van der Waals surface area contributed by atoms with Crippen molar-refractivity contribution < 1.29 is 23.9 Å². The molecule has 0 unspecified atom stereocenters. The van der Waals surface area contributed by atoms with Crippen LogP contribution in [0.25, 0.3) is 0 Å². The predicted octanol–water partition coefficient (Wildman–Crippen LogP) is 2.78. The molecule has 1 saturated heterocycles. The molecule has 1 aliphatic heterocycles. The van der Waals surface area contributed by atoms with Crippen LogP contribution < -0.4 is 0 Å². The molecule has 0 radical (unpaired) electrons. The van der Waals surface area contributed by atoms with Crippen LogP contribution in [0.1, 0.15) is 54.9 Å². The molecule has 1 aromatic carbocycles. The Labute approximate surface area is 166 Å². The summed E-state index contributed by atoms with van der Waals surface area (Å²) in [5.74, 6) is -0.655. The number of Topliss-reactive ketones (excluding diaryl/α,β-unsaturated/α-hetero) is 1. The lowest BCUT2D eigenvalue weighted by Gasteiger charge is -2.31. The number of hydrogen-bond acceptors (Lipinski definition) is 5. The van der Waals surface area contributed by atoms with E-state index in [1.807, 2.05) is 12.1 Å². The molecular weight excluding hydrogens is 358 g/mol. The largest absolute Gasteiger partial charge is 0.457 e. The maximum absolute atomic E-state index is 12.9. The lowest BCUT2D eigenvalue weighted by Crippen LogP contribution is -2.44. The first-order chi connectivity index (χ1) is 13.5. The van der Waals surface area contributed by atoms with Gasteiger partial charge in [-0.1, -0.05) is 44.0 Å². The van der Waals surface area contributed by atoms with E-state index in [0.717, 1.165) is 24.8 Å². The fourth-order valence-electron chi connectivity index (χ4n) is 4.01. The third-order valence-electron chi connectivity index (χ3n) is 5.87. The van der Waals surface area contributed by atoms with Crippen LogP contribution in [0, 0.1) is 5.41 Å². The molecule has 2 fully saturated rings. The third kappa shape index (κ3) is 4.79. The first-order valence-electron chi connectivity index (χ1n) is 10.2. The van der Waals surface area contributed by atoms with Gasteiger partial charge in [-0.15, -0.1) is 0 Å². The van der Waals surface area contributed by atoms with Gasteiger partial charge >= 0.3 is 5.97 Å². The van der Waals surface area contributed by atoms with Crippen LogP contribution >= 0.6 is 0 Å². The van der Waals surface area contributed by atoms with E-state index in [1.165, 1.54) is 0 Å². The summed E-state index contributed by atoms with van der Waals surface area (Å²) in [5, 5.41) is 0. The Balaban J connectivity index is 1.59. The number of benzene rings is 1. The summed E-state index contributed by atoms with van der Waals surface area (Å²) in [4.78, 5) is 39.7. The summed E-state index contributed by atoms with van der Waals surface area (Å²) < 4.78 is 10.7. The lowest BCUT2D eigenvalue weighted by atomic mass is 9.82. The van der Waals surface area contributed by atoms with Gasteiger partial charge in [0.15, 0.2) is 12.4 Å². The van der Waals surface area contributed by atoms with Crippen LogP contribution in [0.15, 0.2) is 24.3 Å². The lowest BCUT2D eigenvalue weighted by molar-refractivity contribution is -0.159. The molecule has 1 saturated carbocycles. The maximum atomic E-state index is 12.9. The van der Waals surface area contributed by atoms with Crippen molar-refractivity contribution in [2.24, 2.45) is 5.41 Å². The van der Waals surface area contributed by atoms with E-state index >= 15 is 0 Å². The number of aryl methyl sites for hydroxylation is 1. The molecule has 6 nitrogen and oxygen atoms in total. The second kappa shape index (κ2) is 9.32. The van der Waals surface area contributed by atoms with Gasteiger partial charge in [-0.2, -0.15) is 0 Å². The van der Waals surface area contributed by atoms with Crippen molar-refractivity contribution in [3.63, 3.8) is 0 Å². The average Bonchev–Trinajstić information content (AvgIpc) is 3.22. The highest BCUT2D eigenvalue weighted by molar-refractivity contribution is 5.98. The van der Waals surface area contributed by atoms with Gasteiger partial charge < -0.3 is 14.4 Å². The van der Waals surface area contributed by atoms with Crippen LogP contribution in [0.4, 0.5) is 0 Å². The molecule has 2 aliphatic rings. The quantitative estimate of drug-likeness (QED) is 0.531. The molecule has 0 N–H and O–H groups in total. The van der Waals surface area contributed by atoms with Gasteiger partial charge in [-0.05, 0) is 24.8 Å². The summed E-state index contributed by atoms with van der Waals surface area (Å²) in [5.41, 5.74) is 0.900. The Kier molecular flexibility index (Phi) is 6.83. The summed E-state index contributed by atoms with van der Waals surface area (Å²) in [6.45, 7) is 3.98. The van der Waals surface area contributed by atoms with Crippen molar-refractivity contribution in [1.82, 2.24) is 4.90 Å². The second-order valence-corrected chi connectivity index (χ2v) is 7.71. The molecule has 1 aromatic rings. The topological polar surface area (TPSA) is 72.9 Å². The Bertz CT molecular complexity index is 700. The molecule has 6 heteroatoms. The number of amides is 1. The third-order valence-corrected chi connectivity index (χ3v) is 5.87. The zero-order valence-corrected chi connectivity index (χ0v) is 16.6. The van der Waals surface area contributed by atoms with Crippen LogP contribution in [0.2, 0.25) is 0 Å². The van der Waals surface area contributed by atoms with Crippen LogP contribution in [0.3, 0.4) is 0 Å². The number of rotatable bonds is 7. The number of esters is 1. The average molecular weight is 387 g/mol. The van der Waals surface area contributed by atoms with Crippen molar-refractivity contribution in [3.8, 4) is 0 Å². The highest BCUT2D eigenvalue weighted by Gasteiger charge is 2.45. The number of ether oxygens (including phenoxy) is 2. The standard InChI is InChI=1S/C22H29NO5/c1-2-17-5-7-18(8-6-17)19(24)16-28-21(26)22(9-3-4-10-22)15-20(25)23-11-13-27-14-12-23/h5-8H,2-4,9-16H2,1H3. The molecule has 152 valence electrons. The van der Waals surface area contributed by atoms with Gasteiger partial charge in [0.1, 0.15) is 0 Å². The highest BCUT2D eigenvalue weighted by atomic mass is 16.5. The zero-order chi connectivity index (χ0) is 20.0. The highest BCUT2D eigenvalue weighted by Crippen LogP contribution is 2.42. The predicted molar refractivity (Wildman–Crippen MR) is 104 cm³/mol. The smallest absolute Gasteiger partial charge is 0.313 e. The molecule has 0 aromatic heterocycles. The van der Waals surface area contributed by atoms with Crippen LogP contribution in [-0.4, -0.2) is 55.5 Å². The maximum Gasteiger partial charge on any atom is 0.313 e. The first-order valence-corrected chi connectivity index (χ1v) is 10.2. The summed E-state index contributed by atoms with van der Waals surface area (Å²) >= 11 is 0. The molecular formula is C22H29NO5. The molecule has 0 spiro atoms. The minimum absolute atomic E-state index is 0.0244. The van der Waals surface area contributed by atoms with Crippen molar-refractivity contribution in [1.29, 1.82) is 0 Å². The number of nitrogens with zero attached hydrogens (tertiary/aromatic N) is 1. The van der Waals surface area contributed by atoms with E-state index in [9.17, 15) is 14.4 Å². The molecule has 28 heavy (non-hydrogen) atoms. The number of carbonyl (C=O) groups is 3. The molecule has 3 rings (SSSR count). The number of hydrogen-bond donors (Lipinski definition) is 0. The second-order valence-electron chi connectivity index (χ2n) is 7.71. The zero-order valence-electron chi connectivity index (χ0n) is 16.6. The fourth-order valence-corrected chi connectivity index (χ4v) is 4.01. The summed E-state index contributed by atoms with van der Waals surface area (Å²) in [7, 11) is 0. The SMILES string of the molecule is CCc1ccc(C(=O)COC(=O)C2(CC(=O)N3CCOCC3)CCCC2)cc1. The Morgan fingerprint density at radius 1 is 1.07 bits per heavy atom. The molecule has 0 atom stereocenters. The number of morpholine rings is 1. The minimum atomic E-state index is -0.790. The normalized spacial score (nSPS) is 18.7. The van der Waals surface area contributed by atoms with E-state index in [2.05, 4.69) is 6.92 Å². The van der Waals surface area contributed by atoms with Crippen molar-refractivity contribution in [3.05, 3.63) is 35.4 Å². The van der Waals surface area contributed by atoms with Crippen molar-refractivity contribution in [2.75, 3.05) is 32.9 Å². The van der Waals surface area contributed by atoms with E-state index in [0.29, 0.717) is 44.7 Å².